The van der Waals surface area contributed by atoms with Crippen LogP contribution in [0.3, 0.4) is 0 Å². The van der Waals surface area contributed by atoms with Gasteiger partial charge < -0.3 is 16.0 Å². The maximum Gasteiger partial charge on any atom is 0.251 e. The van der Waals surface area contributed by atoms with Crippen molar-refractivity contribution in [1.29, 1.82) is 0 Å². The maximum atomic E-state index is 11.5. The van der Waals surface area contributed by atoms with Crippen LogP contribution in [0.25, 0.3) is 0 Å². The van der Waals surface area contributed by atoms with E-state index < -0.39 is 0 Å². The van der Waals surface area contributed by atoms with Crippen LogP contribution in [0.4, 0.5) is 0 Å². The standard InChI is InChI=1S/C17H24N6O.HI/c1-18-16(24)15-7-5-14(6-8-15)13-21-17(19-2)20-9-3-11-23-12-4-10-22-23;/h4-8,10,12H,3,9,11,13H2,1-2H3,(H,18,24)(H2,19,20,21);1H. The third-order valence-corrected chi connectivity index (χ3v) is 3.54. The summed E-state index contributed by atoms with van der Waals surface area (Å²) in [4.78, 5) is 15.7. The zero-order valence-electron chi connectivity index (χ0n) is 14.5. The van der Waals surface area contributed by atoms with Gasteiger partial charge in [0, 0.05) is 51.7 Å². The number of aliphatic imine (C=N–C) groups is 1. The van der Waals surface area contributed by atoms with E-state index in [0.29, 0.717) is 12.1 Å². The van der Waals surface area contributed by atoms with Gasteiger partial charge in [-0.3, -0.25) is 14.5 Å². The SMILES string of the molecule is CN=C(NCCCn1cccn1)NCc1ccc(C(=O)NC)cc1.I. The number of nitrogens with one attached hydrogen (secondary N) is 3. The summed E-state index contributed by atoms with van der Waals surface area (Å²) in [5.41, 5.74) is 1.74. The minimum atomic E-state index is -0.0795. The number of rotatable bonds is 7. The minimum absolute atomic E-state index is 0. The van der Waals surface area contributed by atoms with Crippen molar-refractivity contribution in [3.05, 3.63) is 53.9 Å². The number of aryl methyl sites for hydroxylation is 1. The fourth-order valence-corrected chi connectivity index (χ4v) is 2.21. The number of carbonyl (C=O) groups is 1. The first-order valence-corrected chi connectivity index (χ1v) is 7.96. The number of hydrogen-bond acceptors (Lipinski definition) is 3. The molecule has 25 heavy (non-hydrogen) atoms. The lowest BCUT2D eigenvalue weighted by Crippen LogP contribution is -2.37. The summed E-state index contributed by atoms with van der Waals surface area (Å²) in [6.45, 7) is 2.33. The monoisotopic (exact) mass is 456 g/mol. The molecule has 0 spiro atoms. The molecular formula is C17H25IN6O. The van der Waals surface area contributed by atoms with Gasteiger partial charge in [0.05, 0.1) is 0 Å². The highest BCUT2D eigenvalue weighted by Gasteiger charge is 2.03. The van der Waals surface area contributed by atoms with Crippen molar-refractivity contribution in [2.75, 3.05) is 20.6 Å². The van der Waals surface area contributed by atoms with Crippen LogP contribution < -0.4 is 16.0 Å². The number of hydrogen-bond donors (Lipinski definition) is 3. The first-order valence-electron chi connectivity index (χ1n) is 7.96. The van der Waals surface area contributed by atoms with Crippen LogP contribution in [-0.4, -0.2) is 42.3 Å². The summed E-state index contributed by atoms with van der Waals surface area (Å²) in [6, 6.07) is 9.42. The second kappa shape index (κ2) is 11.5. The van der Waals surface area contributed by atoms with Crippen LogP contribution in [-0.2, 0) is 13.1 Å². The zero-order valence-corrected chi connectivity index (χ0v) is 16.9. The van der Waals surface area contributed by atoms with E-state index in [2.05, 4.69) is 26.0 Å². The van der Waals surface area contributed by atoms with Gasteiger partial charge in [-0.2, -0.15) is 5.10 Å². The van der Waals surface area contributed by atoms with Crippen LogP contribution in [0.2, 0.25) is 0 Å². The van der Waals surface area contributed by atoms with E-state index in [0.717, 1.165) is 31.0 Å². The van der Waals surface area contributed by atoms with Crippen LogP contribution in [0.5, 0.6) is 0 Å². The van der Waals surface area contributed by atoms with Gasteiger partial charge in [0.15, 0.2) is 5.96 Å². The zero-order chi connectivity index (χ0) is 17.2. The summed E-state index contributed by atoms with van der Waals surface area (Å²) in [7, 11) is 3.37. The molecule has 1 heterocycles. The summed E-state index contributed by atoms with van der Waals surface area (Å²) in [6.07, 6.45) is 4.70. The van der Waals surface area contributed by atoms with Gasteiger partial charge in [-0.15, -0.1) is 24.0 Å². The highest BCUT2D eigenvalue weighted by Crippen LogP contribution is 2.04. The second-order valence-electron chi connectivity index (χ2n) is 5.25. The van der Waals surface area contributed by atoms with Crippen LogP contribution >= 0.6 is 24.0 Å². The molecule has 7 nitrogen and oxygen atoms in total. The molecule has 8 heteroatoms. The Morgan fingerprint density at radius 1 is 1.24 bits per heavy atom. The molecule has 1 amide bonds. The van der Waals surface area contributed by atoms with Crippen LogP contribution in [0, 0.1) is 0 Å². The highest BCUT2D eigenvalue weighted by atomic mass is 127. The predicted molar refractivity (Wildman–Crippen MR) is 110 cm³/mol. The normalized spacial score (nSPS) is 10.7. The Balaban J connectivity index is 0.00000312. The quantitative estimate of drug-likeness (QED) is 0.256. The van der Waals surface area contributed by atoms with Gasteiger partial charge in [-0.1, -0.05) is 12.1 Å². The molecule has 2 aromatic rings. The van der Waals surface area contributed by atoms with Gasteiger partial charge in [0.2, 0.25) is 0 Å². The van der Waals surface area contributed by atoms with E-state index in [1.54, 1.807) is 20.3 Å². The van der Waals surface area contributed by atoms with Gasteiger partial charge >= 0.3 is 0 Å². The van der Waals surface area contributed by atoms with E-state index in [-0.39, 0.29) is 29.9 Å². The Bertz CT molecular complexity index is 654. The molecule has 0 bridgehead atoms. The Morgan fingerprint density at radius 3 is 2.60 bits per heavy atom. The summed E-state index contributed by atoms with van der Waals surface area (Å²) < 4.78 is 1.91. The Kier molecular flexibility index (Phi) is 9.60. The number of nitrogens with zero attached hydrogens (tertiary/aromatic N) is 3. The van der Waals surface area contributed by atoms with Gasteiger partial charge in [0.25, 0.3) is 5.91 Å². The van der Waals surface area contributed by atoms with Crippen molar-refractivity contribution < 1.29 is 4.79 Å². The Labute approximate surface area is 165 Å². The Hall–Kier alpha value is -2.10. The first kappa shape index (κ1) is 20.9. The van der Waals surface area contributed by atoms with E-state index in [4.69, 9.17) is 0 Å². The van der Waals surface area contributed by atoms with Gasteiger partial charge in [-0.05, 0) is 30.2 Å². The molecule has 0 aliphatic heterocycles. The predicted octanol–water partition coefficient (Wildman–Crippen LogP) is 1.62. The number of benzene rings is 1. The largest absolute Gasteiger partial charge is 0.356 e. The van der Waals surface area contributed by atoms with E-state index in [9.17, 15) is 4.79 Å². The first-order chi connectivity index (χ1) is 11.7. The fraction of sp³-hybridized carbons (Fsp3) is 0.353. The number of halogens is 1. The molecule has 0 aliphatic carbocycles. The molecule has 3 N–H and O–H groups in total. The van der Waals surface area contributed by atoms with Crippen molar-refractivity contribution in [2.24, 2.45) is 4.99 Å². The third kappa shape index (κ3) is 7.12. The molecule has 0 fully saturated rings. The minimum Gasteiger partial charge on any atom is -0.356 e. The van der Waals surface area contributed by atoms with E-state index >= 15 is 0 Å². The number of guanidine groups is 1. The lowest BCUT2D eigenvalue weighted by molar-refractivity contribution is 0.0963. The van der Waals surface area contributed by atoms with Crippen molar-refractivity contribution in [3.63, 3.8) is 0 Å². The Morgan fingerprint density at radius 2 is 2.00 bits per heavy atom. The molecule has 2 rings (SSSR count). The summed E-state index contributed by atoms with van der Waals surface area (Å²) >= 11 is 0. The number of aromatic nitrogens is 2. The van der Waals surface area contributed by atoms with Gasteiger partial charge in [-0.25, -0.2) is 0 Å². The molecule has 1 aromatic carbocycles. The van der Waals surface area contributed by atoms with E-state index in [1.165, 1.54) is 0 Å². The molecule has 0 saturated carbocycles. The van der Waals surface area contributed by atoms with Crippen molar-refractivity contribution in [2.45, 2.75) is 19.5 Å². The molecule has 136 valence electrons. The number of carbonyl (C=O) groups excluding carboxylic acids is 1. The molecular weight excluding hydrogens is 431 g/mol. The lowest BCUT2D eigenvalue weighted by atomic mass is 10.1. The third-order valence-electron chi connectivity index (χ3n) is 3.54. The smallest absolute Gasteiger partial charge is 0.251 e. The van der Waals surface area contributed by atoms with Crippen molar-refractivity contribution in [3.8, 4) is 0 Å². The summed E-state index contributed by atoms with van der Waals surface area (Å²) in [5, 5.41) is 13.3. The average Bonchev–Trinajstić information content (AvgIpc) is 3.14. The second-order valence-corrected chi connectivity index (χ2v) is 5.25. The topological polar surface area (TPSA) is 83.3 Å². The molecule has 1 aromatic heterocycles. The molecule has 0 atom stereocenters. The van der Waals surface area contributed by atoms with Gasteiger partial charge in [0.1, 0.15) is 0 Å². The highest BCUT2D eigenvalue weighted by molar-refractivity contribution is 14.0. The molecule has 0 aliphatic rings. The molecule has 0 radical (unpaired) electrons. The van der Waals surface area contributed by atoms with Crippen LogP contribution in [0.15, 0.2) is 47.7 Å². The summed E-state index contributed by atoms with van der Waals surface area (Å²) in [5.74, 6) is 0.676. The average molecular weight is 456 g/mol. The molecule has 0 unspecified atom stereocenters. The van der Waals surface area contributed by atoms with Crippen LogP contribution in [0.1, 0.15) is 22.3 Å². The lowest BCUT2D eigenvalue weighted by Gasteiger charge is -2.12. The fourth-order valence-electron chi connectivity index (χ4n) is 2.21. The maximum absolute atomic E-state index is 11.5. The molecule has 0 saturated heterocycles. The van der Waals surface area contributed by atoms with Crippen molar-refractivity contribution >= 4 is 35.8 Å². The van der Waals surface area contributed by atoms with Crippen molar-refractivity contribution in [1.82, 2.24) is 25.7 Å². The van der Waals surface area contributed by atoms with E-state index in [1.807, 2.05) is 41.2 Å². The number of amides is 1.